The first-order valence-electron chi connectivity index (χ1n) is 6.93. The third-order valence-corrected chi connectivity index (χ3v) is 3.76. The van der Waals surface area contributed by atoms with Crippen LogP contribution in [0.15, 0.2) is 4.99 Å². The monoisotopic (exact) mass is 345 g/mol. The fourth-order valence-corrected chi connectivity index (χ4v) is 2.49. The molecule has 130 valence electrons. The first-order chi connectivity index (χ1) is 10.1. The van der Waals surface area contributed by atoms with E-state index in [2.05, 4.69) is 15.6 Å². The van der Waals surface area contributed by atoms with Crippen molar-refractivity contribution in [2.75, 3.05) is 38.5 Å². The van der Waals surface area contributed by atoms with Crippen LogP contribution in [0, 0.1) is 0 Å². The number of primary sulfonamides is 1. The smallest absolute Gasteiger partial charge is 0.357 e. The van der Waals surface area contributed by atoms with E-state index >= 15 is 0 Å². The summed E-state index contributed by atoms with van der Waals surface area (Å²) in [6.07, 6.45) is -3.64. The fourth-order valence-electron chi connectivity index (χ4n) is 2.15. The average molecular weight is 345 g/mol. The number of halogens is 3. The molecule has 4 N–H and O–H groups in total. The second kappa shape index (κ2) is 7.97. The number of nitrogens with one attached hydrogen (secondary N) is 2. The van der Waals surface area contributed by atoms with E-state index in [4.69, 9.17) is 5.14 Å². The molecule has 1 aliphatic rings. The summed E-state index contributed by atoms with van der Waals surface area (Å²) in [5.74, 6) is 0.0963. The highest BCUT2D eigenvalue weighted by atomic mass is 32.2. The maximum Gasteiger partial charge on any atom is 0.401 e. The maximum absolute atomic E-state index is 12.3. The van der Waals surface area contributed by atoms with Crippen molar-refractivity contribution in [3.63, 3.8) is 0 Å². The number of sulfonamides is 1. The first-order valence-corrected chi connectivity index (χ1v) is 8.65. The van der Waals surface area contributed by atoms with Gasteiger partial charge in [0.05, 0.1) is 18.8 Å². The highest BCUT2D eigenvalue weighted by Gasteiger charge is 2.34. The predicted molar refractivity (Wildman–Crippen MR) is 78.0 cm³/mol. The van der Waals surface area contributed by atoms with E-state index in [1.807, 2.05) is 6.92 Å². The lowest BCUT2D eigenvalue weighted by Crippen LogP contribution is -2.45. The van der Waals surface area contributed by atoms with Gasteiger partial charge in [0.2, 0.25) is 10.0 Å². The Morgan fingerprint density at radius 1 is 1.45 bits per heavy atom. The topological polar surface area (TPSA) is 99.8 Å². The van der Waals surface area contributed by atoms with Gasteiger partial charge < -0.3 is 10.6 Å². The number of aliphatic imine (C=N–C) groups is 1. The number of nitrogens with two attached hydrogens (primary N) is 1. The highest BCUT2D eigenvalue weighted by molar-refractivity contribution is 7.89. The molecule has 1 rings (SSSR count). The van der Waals surface area contributed by atoms with Crippen LogP contribution in [0.5, 0.6) is 0 Å². The Morgan fingerprint density at radius 2 is 2.14 bits per heavy atom. The summed E-state index contributed by atoms with van der Waals surface area (Å²) < 4.78 is 58.7. The van der Waals surface area contributed by atoms with Crippen molar-refractivity contribution < 1.29 is 21.6 Å². The molecule has 0 bridgehead atoms. The highest BCUT2D eigenvalue weighted by Crippen LogP contribution is 2.19. The van der Waals surface area contributed by atoms with Gasteiger partial charge in [-0.1, -0.05) is 0 Å². The fraction of sp³-hybridized carbons (Fsp3) is 0.909. The van der Waals surface area contributed by atoms with Crippen molar-refractivity contribution in [1.29, 1.82) is 0 Å². The van der Waals surface area contributed by atoms with Crippen LogP contribution in [0.2, 0.25) is 0 Å². The maximum atomic E-state index is 12.3. The minimum atomic E-state index is -4.21. The lowest BCUT2D eigenvalue weighted by molar-refractivity contribution is -0.143. The summed E-state index contributed by atoms with van der Waals surface area (Å²) in [5, 5.41) is 10.8. The van der Waals surface area contributed by atoms with Crippen molar-refractivity contribution in [2.45, 2.75) is 25.6 Å². The summed E-state index contributed by atoms with van der Waals surface area (Å²) in [7, 11) is -3.59. The Labute approximate surface area is 128 Å². The zero-order valence-electron chi connectivity index (χ0n) is 12.4. The molecule has 1 aliphatic heterocycles. The normalized spacial score (nSPS) is 21.1. The molecule has 0 aromatic carbocycles. The van der Waals surface area contributed by atoms with Crippen LogP contribution in [0.25, 0.3) is 0 Å². The Balaban J connectivity index is 2.49. The number of alkyl halides is 3. The van der Waals surface area contributed by atoms with Crippen LogP contribution in [0.4, 0.5) is 13.2 Å². The Kier molecular flexibility index (Phi) is 6.88. The van der Waals surface area contributed by atoms with Gasteiger partial charge in [-0.05, 0) is 13.3 Å². The summed E-state index contributed by atoms with van der Waals surface area (Å²) >= 11 is 0. The molecule has 7 nitrogen and oxygen atoms in total. The summed E-state index contributed by atoms with van der Waals surface area (Å²) in [6.45, 7) is 2.08. The van der Waals surface area contributed by atoms with Crippen LogP contribution < -0.4 is 15.8 Å². The average Bonchev–Trinajstić information content (AvgIpc) is 2.72. The van der Waals surface area contributed by atoms with Crippen molar-refractivity contribution in [3.05, 3.63) is 0 Å². The van der Waals surface area contributed by atoms with E-state index in [-0.39, 0.29) is 24.9 Å². The lowest BCUT2D eigenvalue weighted by atomic mass is 10.3. The molecule has 0 spiro atoms. The van der Waals surface area contributed by atoms with Crippen LogP contribution in [-0.2, 0) is 10.0 Å². The summed E-state index contributed by atoms with van der Waals surface area (Å²) in [4.78, 5) is 5.38. The molecule has 1 heterocycles. The lowest BCUT2D eigenvalue weighted by Gasteiger charge is -2.19. The molecule has 0 aliphatic carbocycles. The largest absolute Gasteiger partial charge is 0.401 e. The van der Waals surface area contributed by atoms with Crippen LogP contribution >= 0.6 is 0 Å². The van der Waals surface area contributed by atoms with E-state index in [9.17, 15) is 21.6 Å². The van der Waals surface area contributed by atoms with E-state index < -0.39 is 22.7 Å². The zero-order chi connectivity index (χ0) is 16.8. The van der Waals surface area contributed by atoms with Gasteiger partial charge in [-0.3, -0.25) is 9.89 Å². The van der Waals surface area contributed by atoms with Crippen molar-refractivity contribution >= 4 is 16.0 Å². The van der Waals surface area contributed by atoms with Gasteiger partial charge in [-0.25, -0.2) is 13.6 Å². The van der Waals surface area contributed by atoms with Gasteiger partial charge in [-0.15, -0.1) is 0 Å². The number of nitrogens with zero attached hydrogens (tertiary/aromatic N) is 2. The van der Waals surface area contributed by atoms with E-state index in [1.54, 1.807) is 0 Å². The molecule has 0 aromatic heterocycles. The van der Waals surface area contributed by atoms with Gasteiger partial charge in [0.15, 0.2) is 5.96 Å². The van der Waals surface area contributed by atoms with E-state index in [0.29, 0.717) is 25.5 Å². The second-order valence-corrected chi connectivity index (χ2v) is 6.84. The molecule has 0 aromatic rings. The van der Waals surface area contributed by atoms with Crippen LogP contribution in [0.1, 0.15) is 13.3 Å². The summed E-state index contributed by atoms with van der Waals surface area (Å²) in [6, 6.07) is -0.158. The van der Waals surface area contributed by atoms with Gasteiger partial charge in [0.25, 0.3) is 0 Å². The first kappa shape index (κ1) is 19.0. The van der Waals surface area contributed by atoms with Crippen LogP contribution in [-0.4, -0.2) is 70.0 Å². The molecule has 11 heteroatoms. The van der Waals surface area contributed by atoms with Crippen LogP contribution in [0.3, 0.4) is 0 Å². The number of likely N-dealkylation sites (tertiary alicyclic amines) is 1. The SMILES string of the molecule is CCNC(=NCCS(N)(=O)=O)NC1CCN(CC(F)(F)F)C1. The van der Waals surface area contributed by atoms with E-state index in [1.165, 1.54) is 4.90 Å². The van der Waals surface area contributed by atoms with Gasteiger partial charge >= 0.3 is 6.18 Å². The zero-order valence-corrected chi connectivity index (χ0v) is 13.2. The van der Waals surface area contributed by atoms with E-state index in [0.717, 1.165) is 0 Å². The molecule has 1 atom stereocenters. The predicted octanol–water partition coefficient (Wildman–Crippen LogP) is -0.533. The van der Waals surface area contributed by atoms with Gasteiger partial charge in [-0.2, -0.15) is 13.2 Å². The number of guanidine groups is 1. The van der Waals surface area contributed by atoms with Crippen molar-refractivity contribution in [2.24, 2.45) is 10.1 Å². The molecule has 0 amide bonds. The minimum Gasteiger partial charge on any atom is -0.357 e. The summed E-state index contributed by atoms with van der Waals surface area (Å²) in [5.41, 5.74) is 0. The molecule has 1 unspecified atom stereocenters. The van der Waals surface area contributed by atoms with Crippen molar-refractivity contribution in [3.8, 4) is 0 Å². The standard InChI is InChI=1S/C11H22F3N5O2S/c1-2-16-10(17-4-6-22(15,20)21)18-9-3-5-19(7-9)8-11(12,13)14/h9H,2-8H2,1H3,(H2,15,20,21)(H2,16,17,18). The number of hydrogen-bond acceptors (Lipinski definition) is 4. The molecular formula is C11H22F3N5O2S. The molecule has 22 heavy (non-hydrogen) atoms. The molecule has 1 fully saturated rings. The molecular weight excluding hydrogens is 323 g/mol. The van der Waals surface area contributed by atoms with Gasteiger partial charge in [0.1, 0.15) is 0 Å². The molecule has 0 radical (unpaired) electrons. The third-order valence-electron chi connectivity index (χ3n) is 3.01. The number of hydrogen-bond donors (Lipinski definition) is 3. The minimum absolute atomic E-state index is 0.00679. The molecule has 0 saturated carbocycles. The Morgan fingerprint density at radius 3 is 2.68 bits per heavy atom. The third kappa shape index (κ3) is 8.39. The van der Waals surface area contributed by atoms with Crippen molar-refractivity contribution in [1.82, 2.24) is 15.5 Å². The second-order valence-electron chi connectivity index (χ2n) is 5.11. The quantitative estimate of drug-likeness (QED) is 0.444. The Hall–Kier alpha value is -1.07. The van der Waals surface area contributed by atoms with Gasteiger partial charge in [0, 0.05) is 25.7 Å². The Bertz CT molecular complexity index is 481. The number of rotatable bonds is 6. The molecule has 1 saturated heterocycles.